The van der Waals surface area contributed by atoms with Gasteiger partial charge in [-0.3, -0.25) is 0 Å². The average molecular weight is 294 g/mol. The van der Waals surface area contributed by atoms with Crippen molar-refractivity contribution in [3.63, 3.8) is 0 Å². The van der Waals surface area contributed by atoms with E-state index in [1.165, 1.54) is 16.5 Å². The minimum atomic E-state index is -0.411. The fourth-order valence-electron chi connectivity index (χ4n) is 2.41. The molecule has 0 saturated carbocycles. The van der Waals surface area contributed by atoms with Crippen molar-refractivity contribution in [2.45, 2.75) is 26.4 Å². The molecule has 0 fully saturated rings. The molecule has 4 heteroatoms. The van der Waals surface area contributed by atoms with Crippen LogP contribution in [0.1, 0.15) is 24.5 Å². The third-order valence-corrected chi connectivity index (χ3v) is 3.57. The van der Waals surface area contributed by atoms with Crippen LogP contribution in [0.5, 0.6) is 0 Å². The summed E-state index contributed by atoms with van der Waals surface area (Å²) in [7, 11) is 0. The predicted molar refractivity (Wildman–Crippen MR) is 85.8 cm³/mol. The van der Waals surface area contributed by atoms with Gasteiger partial charge in [0, 0.05) is 0 Å². The molecular weight excluding hydrogens is 276 g/mol. The molecule has 0 amide bonds. The molecule has 22 heavy (non-hydrogen) atoms. The number of fused-ring (bicyclic) bond motifs is 1. The molecule has 3 aromatic rings. The van der Waals surface area contributed by atoms with E-state index in [4.69, 9.17) is 4.74 Å². The van der Waals surface area contributed by atoms with Gasteiger partial charge in [0.25, 0.3) is 0 Å². The van der Waals surface area contributed by atoms with E-state index in [1.807, 2.05) is 36.4 Å². The minimum Gasteiger partial charge on any atom is -0.444 e. The zero-order chi connectivity index (χ0) is 15.4. The second-order valence-electron chi connectivity index (χ2n) is 5.22. The third kappa shape index (κ3) is 3.01. The molecular formula is C18H18N2O2. The van der Waals surface area contributed by atoms with Crippen molar-refractivity contribution < 1.29 is 9.53 Å². The van der Waals surface area contributed by atoms with Crippen molar-refractivity contribution in [3.05, 3.63) is 66.0 Å². The Morgan fingerprint density at radius 2 is 1.82 bits per heavy atom. The van der Waals surface area contributed by atoms with E-state index in [-0.39, 0.29) is 6.61 Å². The number of aromatic nitrogens is 2. The van der Waals surface area contributed by atoms with E-state index in [2.05, 4.69) is 24.0 Å². The standard InChI is InChI=1S/C18H18N2O2/c1-2-5-14-8-10-15(11-9-14)12-22-18(21)20-13-19-16-6-3-4-7-17(16)20/h3-4,6-11,13H,2,5,12H2,1H3. The van der Waals surface area contributed by atoms with Crippen LogP contribution in [-0.4, -0.2) is 15.6 Å². The Labute approximate surface area is 129 Å². The number of benzene rings is 2. The number of para-hydroxylation sites is 2. The molecule has 3 rings (SSSR count). The van der Waals surface area contributed by atoms with Crippen molar-refractivity contribution in [2.24, 2.45) is 0 Å². The summed E-state index contributed by atoms with van der Waals surface area (Å²) in [6.07, 6.45) is 3.28. The van der Waals surface area contributed by atoms with Gasteiger partial charge in [-0.15, -0.1) is 0 Å². The largest absolute Gasteiger partial charge is 0.444 e. The maximum Gasteiger partial charge on any atom is 0.420 e. The van der Waals surface area contributed by atoms with Crippen LogP contribution < -0.4 is 0 Å². The Hall–Kier alpha value is -2.62. The molecule has 0 N–H and O–H groups in total. The maximum absolute atomic E-state index is 12.2. The van der Waals surface area contributed by atoms with Gasteiger partial charge < -0.3 is 4.74 Å². The monoisotopic (exact) mass is 294 g/mol. The zero-order valence-electron chi connectivity index (χ0n) is 12.5. The molecule has 1 heterocycles. The molecule has 0 spiro atoms. The lowest BCUT2D eigenvalue weighted by Crippen LogP contribution is -2.12. The highest BCUT2D eigenvalue weighted by molar-refractivity contribution is 5.86. The van der Waals surface area contributed by atoms with Gasteiger partial charge in [-0.2, -0.15) is 0 Å². The van der Waals surface area contributed by atoms with E-state index in [9.17, 15) is 4.79 Å². The Balaban J connectivity index is 1.67. The number of imidazole rings is 1. The highest BCUT2D eigenvalue weighted by Gasteiger charge is 2.10. The van der Waals surface area contributed by atoms with Crippen LogP contribution >= 0.6 is 0 Å². The molecule has 0 aliphatic rings. The highest BCUT2D eigenvalue weighted by atomic mass is 16.5. The van der Waals surface area contributed by atoms with Crippen molar-refractivity contribution >= 4 is 17.1 Å². The lowest BCUT2D eigenvalue weighted by atomic mass is 10.1. The fourth-order valence-corrected chi connectivity index (χ4v) is 2.41. The Bertz CT molecular complexity index is 775. The molecule has 0 saturated heterocycles. The molecule has 0 aliphatic heterocycles. The molecule has 0 aliphatic carbocycles. The van der Waals surface area contributed by atoms with Crippen LogP contribution in [-0.2, 0) is 17.8 Å². The highest BCUT2D eigenvalue weighted by Crippen LogP contribution is 2.13. The molecule has 4 nitrogen and oxygen atoms in total. The first-order valence-electron chi connectivity index (χ1n) is 7.45. The average Bonchev–Trinajstić information content (AvgIpc) is 2.98. The topological polar surface area (TPSA) is 44.1 Å². The molecule has 0 radical (unpaired) electrons. The van der Waals surface area contributed by atoms with Crippen molar-refractivity contribution in [1.82, 2.24) is 9.55 Å². The first kappa shape index (κ1) is 14.3. The summed E-state index contributed by atoms with van der Waals surface area (Å²) in [5.41, 5.74) is 3.82. The van der Waals surface area contributed by atoms with Gasteiger partial charge in [-0.1, -0.05) is 49.7 Å². The summed E-state index contributed by atoms with van der Waals surface area (Å²) in [5.74, 6) is 0. The third-order valence-electron chi connectivity index (χ3n) is 3.57. The number of aryl methyl sites for hydroxylation is 1. The number of nitrogens with zero attached hydrogens (tertiary/aromatic N) is 2. The Morgan fingerprint density at radius 1 is 1.09 bits per heavy atom. The quantitative estimate of drug-likeness (QED) is 0.725. The number of hydrogen-bond acceptors (Lipinski definition) is 3. The minimum absolute atomic E-state index is 0.262. The first-order valence-corrected chi connectivity index (χ1v) is 7.45. The zero-order valence-corrected chi connectivity index (χ0v) is 12.5. The molecule has 0 atom stereocenters. The van der Waals surface area contributed by atoms with Crippen LogP contribution in [0, 0.1) is 0 Å². The van der Waals surface area contributed by atoms with E-state index in [1.54, 1.807) is 0 Å². The lowest BCUT2D eigenvalue weighted by Gasteiger charge is -2.07. The van der Waals surface area contributed by atoms with Crippen molar-refractivity contribution in [2.75, 3.05) is 0 Å². The van der Waals surface area contributed by atoms with Crippen LogP contribution in [0.15, 0.2) is 54.9 Å². The Kier molecular flexibility index (Phi) is 4.19. The maximum atomic E-state index is 12.2. The van der Waals surface area contributed by atoms with E-state index < -0.39 is 6.09 Å². The van der Waals surface area contributed by atoms with Gasteiger partial charge in [0.15, 0.2) is 0 Å². The Morgan fingerprint density at radius 3 is 2.59 bits per heavy atom. The van der Waals surface area contributed by atoms with Gasteiger partial charge in [0.1, 0.15) is 12.9 Å². The number of carbonyl (C=O) groups is 1. The van der Waals surface area contributed by atoms with Gasteiger partial charge >= 0.3 is 6.09 Å². The van der Waals surface area contributed by atoms with Crippen molar-refractivity contribution in [3.8, 4) is 0 Å². The molecule has 2 aromatic carbocycles. The number of carbonyl (C=O) groups excluding carboxylic acids is 1. The molecule has 0 bridgehead atoms. The SMILES string of the molecule is CCCc1ccc(COC(=O)n2cnc3ccccc32)cc1. The summed E-state index contributed by atoms with van der Waals surface area (Å²) >= 11 is 0. The van der Waals surface area contributed by atoms with Crippen LogP contribution in [0.25, 0.3) is 11.0 Å². The van der Waals surface area contributed by atoms with E-state index in [0.29, 0.717) is 0 Å². The van der Waals surface area contributed by atoms with Gasteiger partial charge in [-0.25, -0.2) is 14.3 Å². The lowest BCUT2D eigenvalue weighted by molar-refractivity contribution is 0.142. The van der Waals surface area contributed by atoms with E-state index in [0.717, 1.165) is 29.4 Å². The van der Waals surface area contributed by atoms with Crippen LogP contribution in [0.3, 0.4) is 0 Å². The van der Waals surface area contributed by atoms with Crippen LogP contribution in [0.2, 0.25) is 0 Å². The normalized spacial score (nSPS) is 10.8. The second kappa shape index (κ2) is 6.43. The van der Waals surface area contributed by atoms with E-state index >= 15 is 0 Å². The van der Waals surface area contributed by atoms with Gasteiger partial charge in [-0.05, 0) is 29.7 Å². The summed E-state index contributed by atoms with van der Waals surface area (Å²) in [6.45, 7) is 2.42. The fraction of sp³-hybridized carbons (Fsp3) is 0.222. The van der Waals surface area contributed by atoms with Gasteiger partial charge in [0.05, 0.1) is 11.0 Å². The van der Waals surface area contributed by atoms with Crippen LogP contribution in [0.4, 0.5) is 4.79 Å². The van der Waals surface area contributed by atoms with Crippen molar-refractivity contribution in [1.29, 1.82) is 0 Å². The first-order chi connectivity index (χ1) is 10.8. The summed E-state index contributed by atoms with van der Waals surface area (Å²) in [4.78, 5) is 16.4. The summed E-state index contributed by atoms with van der Waals surface area (Å²) in [5, 5.41) is 0. The second-order valence-corrected chi connectivity index (χ2v) is 5.22. The molecule has 1 aromatic heterocycles. The predicted octanol–water partition coefficient (Wildman–Crippen LogP) is 4.17. The smallest absolute Gasteiger partial charge is 0.420 e. The number of ether oxygens (including phenoxy) is 1. The molecule has 112 valence electrons. The number of hydrogen-bond donors (Lipinski definition) is 0. The van der Waals surface area contributed by atoms with Gasteiger partial charge in [0.2, 0.25) is 0 Å². The summed E-state index contributed by atoms with van der Waals surface area (Å²) in [6, 6.07) is 15.7. The number of rotatable bonds is 4. The summed E-state index contributed by atoms with van der Waals surface area (Å²) < 4.78 is 6.80. The molecule has 0 unspecified atom stereocenters.